The topological polar surface area (TPSA) is 12.0 Å². The van der Waals surface area contributed by atoms with Gasteiger partial charge in [0.2, 0.25) is 0 Å². The SMILES string of the molecule is Cl.[2H]C1([2H])NC([2H])([2H])C([2H])([2H])C([2H])([2H])C1([2H])[2H]. The third-order valence-electron chi connectivity index (χ3n) is 0.375. The first kappa shape index (κ1) is 1.07. The van der Waals surface area contributed by atoms with Crippen molar-refractivity contribution < 1.29 is 13.7 Å². The van der Waals surface area contributed by atoms with Crippen molar-refractivity contribution in [2.45, 2.75) is 19.1 Å². The van der Waals surface area contributed by atoms with E-state index in [-0.39, 0.29) is 12.4 Å². The molecule has 1 N–H and O–H groups in total. The van der Waals surface area contributed by atoms with Gasteiger partial charge in [-0.25, -0.2) is 0 Å². The number of halogens is 1. The molecule has 1 heterocycles. The Labute approximate surface area is 64.9 Å². The average Bonchev–Trinajstić information content (AvgIpc) is 1.98. The van der Waals surface area contributed by atoms with Crippen LogP contribution in [0.15, 0.2) is 0 Å². The zero-order valence-corrected chi connectivity index (χ0v) is 4.22. The summed E-state index contributed by atoms with van der Waals surface area (Å²) in [6.07, 6.45) is -9.71. The number of nitrogens with one attached hydrogen (secondary N) is 1. The van der Waals surface area contributed by atoms with E-state index in [0.717, 1.165) is 0 Å². The fraction of sp³-hybridized carbons (Fsp3) is 1.00. The molecule has 7 heavy (non-hydrogen) atoms. The van der Waals surface area contributed by atoms with Crippen LogP contribution in [-0.2, 0) is 0 Å². The van der Waals surface area contributed by atoms with Crippen molar-refractivity contribution in [3.8, 4) is 0 Å². The van der Waals surface area contributed by atoms with Gasteiger partial charge in [0, 0.05) is 13.7 Å². The predicted molar refractivity (Wildman–Crippen MR) is 34.0 cm³/mol. The summed E-state index contributed by atoms with van der Waals surface area (Å²) in [4.78, 5) is 0. The van der Waals surface area contributed by atoms with Crippen molar-refractivity contribution in [1.29, 1.82) is 0 Å². The molecule has 0 spiro atoms. The molecular weight excluding hydrogens is 110 g/mol. The quantitative estimate of drug-likeness (QED) is 0.521. The lowest BCUT2D eigenvalue weighted by Gasteiger charge is -2.08. The summed E-state index contributed by atoms with van der Waals surface area (Å²) in [6.45, 7) is -6.02. The maximum atomic E-state index is 7.34. The van der Waals surface area contributed by atoms with Gasteiger partial charge in [-0.3, -0.25) is 0 Å². The molecule has 0 unspecified atom stereocenters. The van der Waals surface area contributed by atoms with E-state index in [4.69, 9.17) is 13.7 Å². The van der Waals surface area contributed by atoms with E-state index >= 15 is 0 Å². The number of piperidine rings is 1. The van der Waals surface area contributed by atoms with Gasteiger partial charge in [-0.2, -0.15) is 0 Å². The maximum Gasteiger partial charge on any atom is 0.0428 e. The monoisotopic (exact) mass is 131 g/mol. The van der Waals surface area contributed by atoms with E-state index in [9.17, 15) is 0 Å². The highest BCUT2D eigenvalue weighted by molar-refractivity contribution is 5.85. The first-order chi connectivity index (χ1) is 6.71. The van der Waals surface area contributed by atoms with E-state index < -0.39 is 32.1 Å². The van der Waals surface area contributed by atoms with E-state index in [0.29, 0.717) is 0 Å². The Morgan fingerprint density at radius 2 is 1.71 bits per heavy atom. The van der Waals surface area contributed by atoms with E-state index in [1.54, 1.807) is 5.32 Å². The standard InChI is InChI=1S/C5H11N.ClH/c1-2-4-6-5-3-1;/h6H,1-5H2;1H/i1D2,2D2,3D2,4D2,5D2;. The Hall–Kier alpha value is 0.250. The lowest BCUT2D eigenvalue weighted by Crippen LogP contribution is -2.21. The van der Waals surface area contributed by atoms with Crippen molar-refractivity contribution in [2.24, 2.45) is 0 Å². The van der Waals surface area contributed by atoms with Crippen LogP contribution in [0.5, 0.6) is 0 Å². The molecule has 0 aromatic heterocycles. The second kappa shape index (κ2) is 4.41. The minimum atomic E-state index is -3.31. The van der Waals surface area contributed by atoms with Crippen LogP contribution in [0, 0.1) is 0 Å². The van der Waals surface area contributed by atoms with E-state index in [2.05, 4.69) is 0 Å². The first-order valence-corrected chi connectivity index (χ1v) is 1.50. The molecule has 1 nitrogen and oxygen atoms in total. The molecule has 2 heteroatoms. The summed E-state index contributed by atoms with van der Waals surface area (Å²) in [7, 11) is 0. The Morgan fingerprint density at radius 1 is 1.14 bits per heavy atom. The summed E-state index contributed by atoms with van der Waals surface area (Å²) < 4.78 is 72.9. The highest BCUT2D eigenvalue weighted by Gasteiger charge is 1.93. The Kier molecular flexibility index (Phi) is 0.676. The normalized spacial score (nSPS) is 77.7. The highest BCUT2D eigenvalue weighted by atomic mass is 35.5. The van der Waals surface area contributed by atoms with Crippen LogP contribution in [0.3, 0.4) is 0 Å². The molecule has 1 aliphatic heterocycles. The van der Waals surface area contributed by atoms with Crippen molar-refractivity contribution in [3.63, 3.8) is 0 Å². The van der Waals surface area contributed by atoms with E-state index in [1.165, 1.54) is 0 Å². The van der Waals surface area contributed by atoms with Crippen LogP contribution in [0.1, 0.15) is 32.8 Å². The van der Waals surface area contributed by atoms with Crippen LogP contribution in [0.2, 0.25) is 0 Å². The van der Waals surface area contributed by atoms with Gasteiger partial charge < -0.3 is 5.32 Å². The summed E-state index contributed by atoms with van der Waals surface area (Å²) >= 11 is 0. The van der Waals surface area contributed by atoms with Gasteiger partial charge >= 0.3 is 0 Å². The minimum absolute atomic E-state index is 0. The molecule has 0 bridgehead atoms. The summed E-state index contributed by atoms with van der Waals surface area (Å²) in [6, 6.07) is 0. The smallest absolute Gasteiger partial charge is 0.0428 e. The molecule has 1 aliphatic rings. The molecule has 0 saturated carbocycles. The summed E-state index contributed by atoms with van der Waals surface area (Å²) in [5.74, 6) is 0. The van der Waals surface area contributed by atoms with Gasteiger partial charge in [0.05, 0.1) is 0 Å². The van der Waals surface area contributed by atoms with Crippen LogP contribution in [0.4, 0.5) is 0 Å². The van der Waals surface area contributed by atoms with E-state index in [1.807, 2.05) is 0 Å². The third kappa shape index (κ3) is 2.89. The third-order valence-corrected chi connectivity index (χ3v) is 0.375. The number of rotatable bonds is 0. The zero-order valence-electron chi connectivity index (χ0n) is 13.4. The van der Waals surface area contributed by atoms with Crippen molar-refractivity contribution in [3.05, 3.63) is 0 Å². The van der Waals surface area contributed by atoms with Crippen LogP contribution in [-0.4, -0.2) is 13.0 Å². The fourth-order valence-electron chi connectivity index (χ4n) is 0.188. The Bertz CT molecular complexity index is 284. The molecule has 0 aromatic rings. The predicted octanol–water partition coefficient (Wildman–Crippen LogP) is 1.18. The molecule has 0 atom stereocenters. The first-order valence-electron chi connectivity index (χ1n) is 6.50. The molecule has 1 rings (SSSR count). The number of hydrogen-bond donors (Lipinski definition) is 1. The van der Waals surface area contributed by atoms with Crippen LogP contribution >= 0.6 is 12.4 Å². The minimum Gasteiger partial charge on any atom is -0.317 e. The number of hydrogen-bond acceptors (Lipinski definition) is 1. The lowest BCUT2D eigenvalue weighted by atomic mass is 10.2. The van der Waals surface area contributed by atoms with Gasteiger partial charge in [-0.1, -0.05) is 6.37 Å². The molecule has 1 saturated heterocycles. The summed E-state index contributed by atoms with van der Waals surface area (Å²) in [5.41, 5.74) is 0. The van der Waals surface area contributed by atoms with Crippen molar-refractivity contribution in [1.82, 2.24) is 5.32 Å². The van der Waals surface area contributed by atoms with Gasteiger partial charge in [-0.15, -0.1) is 12.4 Å². The second-order valence-corrected chi connectivity index (χ2v) is 0.750. The maximum absolute atomic E-state index is 7.34. The van der Waals surface area contributed by atoms with Gasteiger partial charge in [-0.05, 0) is 25.7 Å². The molecule has 0 aliphatic carbocycles. The molecule has 0 amide bonds. The van der Waals surface area contributed by atoms with Crippen LogP contribution < -0.4 is 5.32 Å². The van der Waals surface area contributed by atoms with Crippen molar-refractivity contribution >= 4 is 12.4 Å². The van der Waals surface area contributed by atoms with Crippen LogP contribution in [0.25, 0.3) is 0 Å². The van der Waals surface area contributed by atoms with Crippen molar-refractivity contribution in [2.75, 3.05) is 13.0 Å². The van der Waals surface area contributed by atoms with Gasteiger partial charge in [0.25, 0.3) is 0 Å². The fourth-order valence-corrected chi connectivity index (χ4v) is 0.188. The second-order valence-electron chi connectivity index (χ2n) is 0.750. The van der Waals surface area contributed by atoms with Gasteiger partial charge in [0.15, 0.2) is 0 Å². The molecule has 0 aromatic carbocycles. The summed E-state index contributed by atoms with van der Waals surface area (Å²) in [5, 5.41) is 1.54. The molecule has 0 radical (unpaired) electrons. The lowest BCUT2D eigenvalue weighted by molar-refractivity contribution is 0.520. The van der Waals surface area contributed by atoms with Gasteiger partial charge in [0.1, 0.15) is 0 Å². The molecule has 1 fully saturated rings. The average molecular weight is 132 g/mol. The Balaban J connectivity index is 0.00000256. The Morgan fingerprint density at radius 3 is 2.29 bits per heavy atom. The molecular formula is C5H12ClN. The zero-order chi connectivity index (χ0) is 13.2. The largest absolute Gasteiger partial charge is 0.317 e. The highest BCUT2D eigenvalue weighted by Crippen LogP contribution is 1.96. The molecule has 44 valence electrons.